The molecule has 1 aliphatic carbocycles. The fourth-order valence-corrected chi connectivity index (χ4v) is 6.18. The Kier molecular flexibility index (Phi) is 7.70. The molecule has 0 aromatic heterocycles. The van der Waals surface area contributed by atoms with Gasteiger partial charge in [-0.1, -0.05) is 139 Å². The van der Waals surface area contributed by atoms with E-state index in [0.717, 1.165) is 0 Å². The number of unbranched alkanes of at least 4 members (excludes halogenated alkanes) is 10. The van der Waals surface area contributed by atoms with E-state index in [1.807, 2.05) is 0 Å². The average molecular weight is 415 g/mol. The topological polar surface area (TPSA) is 0 Å². The maximum atomic E-state index is 2.47. The zero-order chi connectivity index (χ0) is 21.5. The van der Waals surface area contributed by atoms with Crippen molar-refractivity contribution >= 4 is 21.5 Å². The molecule has 0 N–H and O–H groups in total. The molecule has 1 aliphatic rings. The molecule has 0 saturated carbocycles. The van der Waals surface area contributed by atoms with E-state index in [2.05, 4.69) is 62.4 Å². The van der Waals surface area contributed by atoms with Crippen LogP contribution in [0.1, 0.15) is 115 Å². The second-order valence-electron chi connectivity index (χ2n) is 9.99. The first-order valence-electron chi connectivity index (χ1n) is 13.3. The van der Waals surface area contributed by atoms with Crippen LogP contribution in [0.4, 0.5) is 0 Å². The van der Waals surface area contributed by atoms with Crippen molar-refractivity contribution in [2.24, 2.45) is 0 Å². The van der Waals surface area contributed by atoms with Crippen LogP contribution in [0.2, 0.25) is 0 Å². The smallest absolute Gasteiger partial charge is 0.0215 e. The fraction of sp³-hybridized carbons (Fsp3) is 0.548. The van der Waals surface area contributed by atoms with E-state index in [1.54, 1.807) is 21.9 Å². The summed E-state index contributed by atoms with van der Waals surface area (Å²) in [6.45, 7) is 4.62. The van der Waals surface area contributed by atoms with Crippen LogP contribution in [0, 0.1) is 0 Å². The summed E-state index contributed by atoms with van der Waals surface area (Å²) >= 11 is 0. The van der Waals surface area contributed by atoms with Crippen molar-refractivity contribution in [1.29, 1.82) is 0 Å². The van der Waals surface area contributed by atoms with Gasteiger partial charge in [0.2, 0.25) is 0 Å². The van der Waals surface area contributed by atoms with Gasteiger partial charge in [-0.2, -0.15) is 0 Å². The Balaban J connectivity index is 1.61. The summed E-state index contributed by atoms with van der Waals surface area (Å²) in [7, 11) is 0. The van der Waals surface area contributed by atoms with Gasteiger partial charge in [-0.15, -0.1) is 0 Å². The van der Waals surface area contributed by atoms with Crippen LogP contribution in [0.5, 0.6) is 0 Å². The summed E-state index contributed by atoms with van der Waals surface area (Å²) in [6, 6.07) is 18.9. The van der Waals surface area contributed by atoms with Crippen LogP contribution in [0.25, 0.3) is 21.5 Å². The summed E-state index contributed by atoms with van der Waals surface area (Å²) in [5, 5.41) is 6.00. The molecule has 0 radical (unpaired) electrons. The monoisotopic (exact) mass is 414 g/mol. The van der Waals surface area contributed by atoms with Crippen molar-refractivity contribution < 1.29 is 0 Å². The molecule has 3 aromatic carbocycles. The van der Waals surface area contributed by atoms with Gasteiger partial charge in [-0.25, -0.2) is 0 Å². The number of rotatable bonds is 14. The highest BCUT2D eigenvalue weighted by Gasteiger charge is 2.40. The van der Waals surface area contributed by atoms with E-state index in [1.165, 1.54) is 101 Å². The van der Waals surface area contributed by atoms with E-state index in [4.69, 9.17) is 0 Å². The fourth-order valence-electron chi connectivity index (χ4n) is 6.18. The van der Waals surface area contributed by atoms with Crippen LogP contribution in [0.15, 0.2) is 48.5 Å². The van der Waals surface area contributed by atoms with Gasteiger partial charge in [-0.05, 0) is 45.5 Å². The van der Waals surface area contributed by atoms with E-state index in [9.17, 15) is 0 Å². The Morgan fingerprint density at radius 1 is 0.484 bits per heavy atom. The van der Waals surface area contributed by atoms with Gasteiger partial charge in [-0.3, -0.25) is 0 Å². The first kappa shape index (κ1) is 22.4. The van der Waals surface area contributed by atoms with Crippen LogP contribution < -0.4 is 0 Å². The molecule has 31 heavy (non-hydrogen) atoms. The lowest BCUT2D eigenvalue weighted by Gasteiger charge is -2.33. The normalized spacial score (nSPS) is 14.3. The van der Waals surface area contributed by atoms with Crippen LogP contribution in [0.3, 0.4) is 0 Å². The lowest BCUT2D eigenvalue weighted by Crippen LogP contribution is -2.25. The largest absolute Gasteiger partial charge is 0.0654 e. The van der Waals surface area contributed by atoms with Crippen LogP contribution in [-0.4, -0.2) is 0 Å². The molecule has 0 fully saturated rings. The van der Waals surface area contributed by atoms with Crippen molar-refractivity contribution in [2.45, 2.75) is 109 Å². The van der Waals surface area contributed by atoms with Crippen molar-refractivity contribution in [2.75, 3.05) is 0 Å². The maximum absolute atomic E-state index is 2.47. The van der Waals surface area contributed by atoms with E-state index in [-0.39, 0.29) is 5.41 Å². The zero-order valence-electron chi connectivity index (χ0n) is 20.0. The van der Waals surface area contributed by atoms with Gasteiger partial charge in [0.1, 0.15) is 0 Å². The third-order valence-corrected chi connectivity index (χ3v) is 7.83. The number of benzene rings is 3. The Labute approximate surface area is 190 Å². The van der Waals surface area contributed by atoms with Gasteiger partial charge in [0.05, 0.1) is 0 Å². The van der Waals surface area contributed by atoms with Crippen molar-refractivity contribution in [3.8, 4) is 0 Å². The molecule has 0 heterocycles. The van der Waals surface area contributed by atoms with Crippen molar-refractivity contribution in [1.82, 2.24) is 0 Å². The molecule has 0 aliphatic heterocycles. The SMILES string of the molecule is CCCCCCCCC1(CCCCCCCC)c2cccc3ccc4cccc1c4c23. The van der Waals surface area contributed by atoms with Gasteiger partial charge >= 0.3 is 0 Å². The minimum Gasteiger partial charge on any atom is -0.0654 e. The van der Waals surface area contributed by atoms with Gasteiger partial charge < -0.3 is 0 Å². The quantitative estimate of drug-likeness (QED) is 0.182. The first-order chi connectivity index (χ1) is 15.3. The number of hydrogen-bond donors (Lipinski definition) is 0. The third kappa shape index (κ3) is 4.55. The molecule has 3 aromatic rings. The highest BCUT2D eigenvalue weighted by atomic mass is 14.4. The molecule has 0 heteroatoms. The van der Waals surface area contributed by atoms with E-state index >= 15 is 0 Å². The summed E-state index contributed by atoms with van der Waals surface area (Å²) in [5.74, 6) is 0. The second-order valence-corrected chi connectivity index (χ2v) is 9.99. The summed E-state index contributed by atoms with van der Waals surface area (Å²) in [6.07, 6.45) is 19.2. The molecule has 4 rings (SSSR count). The minimum absolute atomic E-state index is 0.234. The predicted octanol–water partition coefficient (Wildman–Crippen LogP) is 10.1. The van der Waals surface area contributed by atoms with Gasteiger partial charge in [0, 0.05) is 5.41 Å². The molecule has 0 spiro atoms. The van der Waals surface area contributed by atoms with Crippen LogP contribution in [-0.2, 0) is 5.41 Å². The molecular weight excluding hydrogens is 372 g/mol. The standard InChI is InChI=1S/C31H42/c1-3-5-7-9-11-13-23-31(24-14-12-10-8-6-4-2)27-19-15-17-25-21-22-26-18-16-20-28(31)30(26)29(25)27/h15-22H,3-14,23-24H2,1-2H3. The van der Waals surface area contributed by atoms with Gasteiger partial charge in [0.15, 0.2) is 0 Å². The molecule has 0 nitrogen and oxygen atoms in total. The average Bonchev–Trinajstić information content (AvgIpc) is 3.09. The maximum Gasteiger partial charge on any atom is 0.0215 e. The second kappa shape index (κ2) is 10.7. The van der Waals surface area contributed by atoms with Crippen LogP contribution >= 0.6 is 0 Å². The van der Waals surface area contributed by atoms with Crippen molar-refractivity contribution in [3.63, 3.8) is 0 Å². The molecule has 0 bridgehead atoms. The van der Waals surface area contributed by atoms with E-state index in [0.29, 0.717) is 0 Å². The third-order valence-electron chi connectivity index (χ3n) is 7.83. The van der Waals surface area contributed by atoms with Crippen molar-refractivity contribution in [3.05, 3.63) is 59.7 Å². The Morgan fingerprint density at radius 3 is 1.35 bits per heavy atom. The van der Waals surface area contributed by atoms with E-state index < -0.39 is 0 Å². The summed E-state index contributed by atoms with van der Waals surface area (Å²) < 4.78 is 0. The molecule has 0 unspecified atom stereocenters. The summed E-state index contributed by atoms with van der Waals surface area (Å²) in [4.78, 5) is 0. The highest BCUT2D eigenvalue weighted by molar-refractivity contribution is 6.14. The molecule has 0 amide bonds. The summed E-state index contributed by atoms with van der Waals surface area (Å²) in [5.41, 5.74) is 3.51. The Morgan fingerprint density at radius 2 is 0.903 bits per heavy atom. The minimum atomic E-state index is 0.234. The lowest BCUT2D eigenvalue weighted by molar-refractivity contribution is 0.399. The number of hydrogen-bond acceptors (Lipinski definition) is 0. The first-order valence-corrected chi connectivity index (χ1v) is 13.3. The predicted molar refractivity (Wildman–Crippen MR) is 138 cm³/mol. The molecule has 0 atom stereocenters. The highest BCUT2D eigenvalue weighted by Crippen LogP contribution is 2.53. The Hall–Kier alpha value is -1.82. The van der Waals surface area contributed by atoms with Gasteiger partial charge in [0.25, 0.3) is 0 Å². The lowest BCUT2D eigenvalue weighted by atomic mass is 9.70. The molecule has 0 saturated heterocycles. The zero-order valence-corrected chi connectivity index (χ0v) is 20.0. The molecular formula is C31H42. The molecule has 166 valence electrons. The Bertz CT molecular complexity index is 899.